The molecule has 41 heavy (non-hydrogen) atoms. The van der Waals surface area contributed by atoms with Gasteiger partial charge in [0.2, 0.25) is 5.78 Å². The number of benzene rings is 3. The van der Waals surface area contributed by atoms with E-state index in [1.165, 1.54) is 43.3 Å². The Morgan fingerprint density at radius 3 is 1.80 bits per heavy atom. The Labute approximate surface area is 235 Å². The maximum Gasteiger partial charge on any atom is 0.511 e. The van der Waals surface area contributed by atoms with Crippen molar-refractivity contribution in [3.63, 3.8) is 0 Å². The monoisotopic (exact) mass is 566 g/mol. The summed E-state index contributed by atoms with van der Waals surface area (Å²) in [6.45, 7) is 2.01. The fourth-order valence-corrected chi connectivity index (χ4v) is 5.29. The molecule has 7 atom stereocenters. The molecule has 1 heterocycles. The third kappa shape index (κ3) is 4.33. The minimum atomic E-state index is -3.48. The molecule has 2 fully saturated rings. The summed E-state index contributed by atoms with van der Waals surface area (Å²) in [5.74, 6) is -12.5. The number of ether oxygens (including phenoxy) is 5. The average molecular weight is 567 g/mol. The Morgan fingerprint density at radius 2 is 1.29 bits per heavy atom. The number of para-hydroxylation sites is 2. The van der Waals surface area contributed by atoms with Gasteiger partial charge in [0.1, 0.15) is 24.2 Å². The summed E-state index contributed by atoms with van der Waals surface area (Å²) in [6, 6.07) is 23.7. The number of aliphatic hydroxyl groups is 4. The van der Waals surface area contributed by atoms with Crippen molar-refractivity contribution in [3.8, 4) is 11.5 Å². The van der Waals surface area contributed by atoms with E-state index in [-0.39, 0.29) is 18.1 Å². The van der Waals surface area contributed by atoms with Gasteiger partial charge in [0.15, 0.2) is 5.60 Å². The van der Waals surface area contributed by atoms with Crippen LogP contribution in [0.2, 0.25) is 0 Å². The normalized spacial score (nSPS) is 34.0. The number of Topliss-reactive ketones (excluding diaryl/α,β-unsaturated/α-hetero) is 1. The van der Waals surface area contributed by atoms with Gasteiger partial charge in [0.25, 0.3) is 0 Å². The van der Waals surface area contributed by atoms with Gasteiger partial charge in [-0.2, -0.15) is 0 Å². The van der Waals surface area contributed by atoms with Gasteiger partial charge in [-0.25, -0.2) is 4.79 Å². The SMILES string of the molecule is CC(=O)[C@@]1(OC(=O)OCc2ccccc2)O[C@@H]2C(O)C(C)[C@]2(O)[C@@](O)(Oc2ccccc2)[C@]1(O)Oc1ccccc1. The smallest absolute Gasteiger partial charge is 0.453 e. The zero-order valence-corrected chi connectivity index (χ0v) is 22.2. The zero-order valence-electron chi connectivity index (χ0n) is 22.2. The lowest BCUT2D eigenvalue weighted by molar-refractivity contribution is -0.538. The van der Waals surface area contributed by atoms with Crippen LogP contribution >= 0.6 is 0 Å². The van der Waals surface area contributed by atoms with Crippen molar-refractivity contribution in [1.82, 2.24) is 0 Å². The van der Waals surface area contributed by atoms with Crippen molar-refractivity contribution in [2.45, 2.75) is 55.6 Å². The summed E-state index contributed by atoms with van der Waals surface area (Å²) < 4.78 is 28.0. The van der Waals surface area contributed by atoms with Crippen LogP contribution < -0.4 is 9.47 Å². The van der Waals surface area contributed by atoms with Crippen LogP contribution in [0.5, 0.6) is 11.5 Å². The topological polar surface area (TPSA) is 161 Å². The second-order valence-electron chi connectivity index (χ2n) is 10.1. The quantitative estimate of drug-likeness (QED) is 0.234. The number of carbonyl (C=O) groups is 2. The molecule has 1 aliphatic carbocycles. The Bertz CT molecular complexity index is 1390. The Hall–Kier alpha value is -4.00. The summed E-state index contributed by atoms with van der Waals surface area (Å²) in [6.07, 6.45) is -4.74. The van der Waals surface area contributed by atoms with E-state index in [1.54, 1.807) is 54.6 Å². The van der Waals surface area contributed by atoms with Gasteiger partial charge in [-0.15, -0.1) is 0 Å². The number of aliphatic hydroxyl groups excluding tert-OH is 1. The van der Waals surface area contributed by atoms with E-state index >= 15 is 0 Å². The molecule has 1 saturated heterocycles. The Balaban J connectivity index is 1.64. The predicted molar refractivity (Wildman–Crippen MR) is 140 cm³/mol. The minimum absolute atomic E-state index is 0.0585. The number of fused-ring (bicyclic) bond motifs is 1. The number of hydrogen-bond acceptors (Lipinski definition) is 11. The molecule has 0 bridgehead atoms. The maximum absolute atomic E-state index is 13.4. The molecule has 216 valence electrons. The molecule has 0 spiro atoms. The van der Waals surface area contributed by atoms with Gasteiger partial charge >= 0.3 is 23.5 Å². The number of ketones is 1. The molecule has 1 aliphatic heterocycles. The first-order valence-electron chi connectivity index (χ1n) is 12.9. The van der Waals surface area contributed by atoms with Crippen LogP contribution in [0, 0.1) is 5.92 Å². The molecule has 3 aromatic rings. The molecule has 5 rings (SSSR count). The van der Waals surface area contributed by atoms with E-state index in [1.807, 2.05) is 0 Å². The highest BCUT2D eigenvalue weighted by Crippen LogP contribution is 2.60. The molecular formula is C30H30O11. The van der Waals surface area contributed by atoms with E-state index in [0.717, 1.165) is 6.92 Å². The molecule has 2 aliphatic rings. The predicted octanol–water partition coefficient (Wildman–Crippen LogP) is 2.30. The first-order chi connectivity index (χ1) is 19.5. The molecule has 2 unspecified atom stereocenters. The lowest BCUT2D eigenvalue weighted by Gasteiger charge is -2.68. The second kappa shape index (κ2) is 10.4. The van der Waals surface area contributed by atoms with Crippen molar-refractivity contribution < 1.29 is 53.7 Å². The van der Waals surface area contributed by atoms with Gasteiger partial charge in [-0.3, -0.25) is 4.79 Å². The van der Waals surface area contributed by atoms with E-state index in [2.05, 4.69) is 0 Å². The summed E-state index contributed by atoms with van der Waals surface area (Å²) >= 11 is 0. The highest BCUT2D eigenvalue weighted by atomic mass is 16.9. The minimum Gasteiger partial charge on any atom is -0.453 e. The third-order valence-electron chi connectivity index (χ3n) is 7.60. The molecule has 1 saturated carbocycles. The molecule has 11 nitrogen and oxygen atoms in total. The van der Waals surface area contributed by atoms with Crippen LogP contribution in [0.3, 0.4) is 0 Å². The van der Waals surface area contributed by atoms with E-state index in [4.69, 9.17) is 23.7 Å². The number of carbonyl (C=O) groups excluding carboxylic acids is 2. The standard InChI is InChI=1S/C30H30O11/c1-19-24(32)25-27(19,34)29(35,38-22-14-8-4-9-15-22)30(36,39-23-16-10-5-11-17-23)28(40-25,20(2)31)41-26(33)37-18-21-12-6-3-7-13-21/h3-17,19,24-25,32,34-36H,18H2,1-2H3/t19?,24?,25-,27-,28+,29-,30-/m1/s1. The van der Waals surface area contributed by atoms with Gasteiger partial charge < -0.3 is 44.1 Å². The fourth-order valence-electron chi connectivity index (χ4n) is 5.29. The van der Waals surface area contributed by atoms with Crippen molar-refractivity contribution in [2.75, 3.05) is 0 Å². The highest BCUT2D eigenvalue weighted by molar-refractivity contribution is 5.87. The largest absolute Gasteiger partial charge is 0.511 e. The molecule has 0 amide bonds. The molecule has 11 heteroatoms. The number of hydrogen-bond donors (Lipinski definition) is 4. The Morgan fingerprint density at radius 1 is 0.805 bits per heavy atom. The summed E-state index contributed by atoms with van der Waals surface area (Å²) in [5, 5.41) is 47.4. The maximum atomic E-state index is 13.4. The number of rotatable bonds is 8. The zero-order chi connectivity index (χ0) is 29.5. The summed E-state index contributed by atoms with van der Waals surface area (Å²) in [4.78, 5) is 26.5. The van der Waals surface area contributed by atoms with Crippen molar-refractivity contribution in [3.05, 3.63) is 96.6 Å². The van der Waals surface area contributed by atoms with Crippen LogP contribution in [-0.2, 0) is 25.6 Å². The first kappa shape index (κ1) is 28.5. The molecule has 3 aromatic carbocycles. The molecule has 0 radical (unpaired) electrons. The van der Waals surface area contributed by atoms with Gasteiger partial charge in [-0.05, 0) is 29.8 Å². The molecular weight excluding hydrogens is 536 g/mol. The Kier molecular flexibility index (Phi) is 7.26. The summed E-state index contributed by atoms with van der Waals surface area (Å²) in [7, 11) is 0. The second-order valence-corrected chi connectivity index (χ2v) is 10.1. The lowest BCUT2D eigenvalue weighted by atomic mass is 9.56. The fraction of sp³-hybridized carbons (Fsp3) is 0.333. The average Bonchev–Trinajstić information content (AvgIpc) is 2.98. The lowest BCUT2D eigenvalue weighted by Crippen LogP contribution is -2.95. The summed E-state index contributed by atoms with van der Waals surface area (Å²) in [5.41, 5.74) is -1.99. The van der Waals surface area contributed by atoms with Crippen molar-refractivity contribution in [1.29, 1.82) is 0 Å². The first-order valence-corrected chi connectivity index (χ1v) is 12.9. The van der Waals surface area contributed by atoms with Crippen LogP contribution in [0.4, 0.5) is 4.79 Å². The molecule has 0 aromatic heterocycles. The van der Waals surface area contributed by atoms with E-state index < -0.39 is 53.0 Å². The van der Waals surface area contributed by atoms with Gasteiger partial charge in [-0.1, -0.05) is 73.7 Å². The van der Waals surface area contributed by atoms with E-state index in [9.17, 15) is 30.0 Å². The van der Waals surface area contributed by atoms with Gasteiger partial charge in [0, 0.05) is 12.8 Å². The highest BCUT2D eigenvalue weighted by Gasteiger charge is 2.90. The third-order valence-corrected chi connectivity index (χ3v) is 7.60. The van der Waals surface area contributed by atoms with Crippen LogP contribution in [0.25, 0.3) is 0 Å². The van der Waals surface area contributed by atoms with Crippen LogP contribution in [-0.4, -0.2) is 67.5 Å². The van der Waals surface area contributed by atoms with E-state index in [0.29, 0.717) is 5.56 Å². The van der Waals surface area contributed by atoms with Crippen LogP contribution in [0.1, 0.15) is 19.4 Å². The van der Waals surface area contributed by atoms with Crippen LogP contribution in [0.15, 0.2) is 91.0 Å². The van der Waals surface area contributed by atoms with Crippen molar-refractivity contribution >= 4 is 11.9 Å². The van der Waals surface area contributed by atoms with Crippen molar-refractivity contribution in [2.24, 2.45) is 5.92 Å². The molecule has 4 N–H and O–H groups in total. The van der Waals surface area contributed by atoms with Gasteiger partial charge in [0.05, 0.1) is 6.10 Å².